The number of methoxy groups -OCH3 is 1. The number of ether oxygens (including phenoxy) is 1. The second-order valence-electron chi connectivity index (χ2n) is 4.05. The summed E-state index contributed by atoms with van der Waals surface area (Å²) in [4.78, 5) is 11.8. The first kappa shape index (κ1) is 11.1. The van der Waals surface area contributed by atoms with E-state index in [0.29, 0.717) is 6.42 Å². The third-order valence-electron chi connectivity index (χ3n) is 2.95. The fourth-order valence-corrected chi connectivity index (χ4v) is 2.07. The van der Waals surface area contributed by atoms with Crippen molar-refractivity contribution in [1.29, 1.82) is 0 Å². The molecule has 0 bridgehead atoms. The number of hydrogen-bond donors (Lipinski definition) is 0. The normalized spacial score (nSPS) is 23.7. The molecule has 84 valence electrons. The SMILES string of the molecule is COC1CCCC(=O)/C1=C\c1ccccc1. The average Bonchev–Trinajstić information content (AvgIpc) is 2.33. The molecule has 0 radical (unpaired) electrons. The maximum Gasteiger partial charge on any atom is 0.161 e. The number of hydrogen-bond acceptors (Lipinski definition) is 2. The van der Waals surface area contributed by atoms with Crippen LogP contribution in [0.1, 0.15) is 24.8 Å². The van der Waals surface area contributed by atoms with E-state index in [1.54, 1.807) is 7.11 Å². The summed E-state index contributed by atoms with van der Waals surface area (Å²) < 4.78 is 5.36. The van der Waals surface area contributed by atoms with Crippen molar-refractivity contribution in [2.45, 2.75) is 25.4 Å². The zero-order valence-electron chi connectivity index (χ0n) is 9.48. The highest BCUT2D eigenvalue weighted by molar-refractivity contribution is 6.01. The van der Waals surface area contributed by atoms with Crippen LogP contribution in [0.3, 0.4) is 0 Å². The predicted octanol–water partition coefficient (Wildman–Crippen LogP) is 2.84. The van der Waals surface area contributed by atoms with E-state index in [1.807, 2.05) is 36.4 Å². The van der Waals surface area contributed by atoms with Crippen LogP contribution >= 0.6 is 0 Å². The largest absolute Gasteiger partial charge is 0.377 e. The van der Waals surface area contributed by atoms with Crippen LogP contribution in [0.2, 0.25) is 0 Å². The molecule has 1 fully saturated rings. The molecule has 0 spiro atoms. The number of Topliss-reactive ketones (excluding diaryl/α,β-unsaturated/α-hetero) is 1. The summed E-state index contributed by atoms with van der Waals surface area (Å²) in [5, 5.41) is 0. The van der Waals surface area contributed by atoms with Crippen LogP contribution in [-0.4, -0.2) is 19.0 Å². The molecule has 16 heavy (non-hydrogen) atoms. The zero-order valence-corrected chi connectivity index (χ0v) is 9.48. The first-order valence-corrected chi connectivity index (χ1v) is 5.64. The van der Waals surface area contributed by atoms with Crippen molar-refractivity contribution in [3.8, 4) is 0 Å². The minimum atomic E-state index is -0.0264. The summed E-state index contributed by atoms with van der Waals surface area (Å²) in [6.07, 6.45) is 4.46. The molecule has 2 heteroatoms. The topological polar surface area (TPSA) is 26.3 Å². The van der Waals surface area contributed by atoms with E-state index < -0.39 is 0 Å². The van der Waals surface area contributed by atoms with Crippen molar-refractivity contribution in [1.82, 2.24) is 0 Å². The predicted molar refractivity (Wildman–Crippen MR) is 64.1 cm³/mol. The van der Waals surface area contributed by atoms with Crippen molar-refractivity contribution in [3.63, 3.8) is 0 Å². The van der Waals surface area contributed by atoms with E-state index in [9.17, 15) is 4.79 Å². The molecule has 0 heterocycles. The van der Waals surface area contributed by atoms with Gasteiger partial charge in [-0.15, -0.1) is 0 Å². The van der Waals surface area contributed by atoms with Crippen LogP contribution in [0, 0.1) is 0 Å². The highest BCUT2D eigenvalue weighted by Gasteiger charge is 2.24. The zero-order chi connectivity index (χ0) is 11.4. The molecule has 0 aliphatic heterocycles. The quantitative estimate of drug-likeness (QED) is 0.710. The highest BCUT2D eigenvalue weighted by atomic mass is 16.5. The molecule has 2 nitrogen and oxygen atoms in total. The van der Waals surface area contributed by atoms with Gasteiger partial charge in [0.2, 0.25) is 0 Å². The monoisotopic (exact) mass is 216 g/mol. The Kier molecular flexibility index (Phi) is 3.52. The molecule has 0 aromatic heterocycles. The second-order valence-corrected chi connectivity index (χ2v) is 4.05. The van der Waals surface area contributed by atoms with Gasteiger partial charge < -0.3 is 4.74 Å². The molecular formula is C14H16O2. The average molecular weight is 216 g/mol. The first-order valence-electron chi connectivity index (χ1n) is 5.64. The van der Waals surface area contributed by atoms with Gasteiger partial charge in [0.05, 0.1) is 6.10 Å². The number of carbonyl (C=O) groups excluding carboxylic acids is 1. The molecule has 1 aromatic rings. The molecule has 1 saturated carbocycles. The van der Waals surface area contributed by atoms with Crippen molar-refractivity contribution >= 4 is 11.9 Å². The first-order chi connectivity index (χ1) is 7.81. The fraction of sp³-hybridized carbons (Fsp3) is 0.357. The van der Waals surface area contributed by atoms with E-state index in [-0.39, 0.29) is 11.9 Å². The van der Waals surface area contributed by atoms with Gasteiger partial charge in [0.25, 0.3) is 0 Å². The van der Waals surface area contributed by atoms with Crippen LogP contribution in [0.25, 0.3) is 6.08 Å². The van der Waals surface area contributed by atoms with Gasteiger partial charge in [-0.1, -0.05) is 30.3 Å². The molecule has 1 atom stereocenters. The smallest absolute Gasteiger partial charge is 0.161 e. The van der Waals surface area contributed by atoms with Crippen LogP contribution in [0.15, 0.2) is 35.9 Å². The molecule has 1 unspecified atom stereocenters. The van der Waals surface area contributed by atoms with E-state index >= 15 is 0 Å². The molecule has 1 aliphatic carbocycles. The van der Waals surface area contributed by atoms with Crippen LogP contribution in [0.4, 0.5) is 0 Å². The van der Waals surface area contributed by atoms with E-state index in [2.05, 4.69) is 0 Å². The van der Waals surface area contributed by atoms with Crippen molar-refractivity contribution in [3.05, 3.63) is 41.5 Å². The molecule has 1 aliphatic rings. The lowest BCUT2D eigenvalue weighted by molar-refractivity contribution is -0.118. The Bertz CT molecular complexity index is 392. The summed E-state index contributed by atoms with van der Waals surface area (Å²) in [6, 6.07) is 9.92. The van der Waals surface area contributed by atoms with Crippen molar-refractivity contribution < 1.29 is 9.53 Å². The minimum Gasteiger partial charge on any atom is -0.377 e. The number of carbonyl (C=O) groups is 1. The van der Waals surface area contributed by atoms with Crippen LogP contribution in [0.5, 0.6) is 0 Å². The summed E-state index contributed by atoms with van der Waals surface area (Å²) in [5.74, 6) is 0.224. The summed E-state index contributed by atoms with van der Waals surface area (Å²) in [7, 11) is 1.67. The Morgan fingerprint density at radius 2 is 2.06 bits per heavy atom. The lowest BCUT2D eigenvalue weighted by Gasteiger charge is -2.22. The maximum atomic E-state index is 11.8. The highest BCUT2D eigenvalue weighted by Crippen LogP contribution is 2.24. The summed E-state index contributed by atoms with van der Waals surface area (Å²) >= 11 is 0. The van der Waals surface area contributed by atoms with Gasteiger partial charge in [-0.3, -0.25) is 4.79 Å². The van der Waals surface area contributed by atoms with Gasteiger partial charge >= 0.3 is 0 Å². The van der Waals surface area contributed by atoms with Crippen LogP contribution < -0.4 is 0 Å². The van der Waals surface area contributed by atoms with Gasteiger partial charge in [-0.2, -0.15) is 0 Å². The van der Waals surface area contributed by atoms with Gasteiger partial charge in [0.1, 0.15) is 0 Å². The standard InChI is InChI=1S/C14H16O2/c1-16-14-9-5-8-13(15)12(14)10-11-6-3-2-4-7-11/h2-4,6-7,10,14H,5,8-9H2,1H3/b12-10+. The third-order valence-corrected chi connectivity index (χ3v) is 2.95. The van der Waals surface area contributed by atoms with E-state index in [1.165, 1.54) is 0 Å². The Morgan fingerprint density at radius 3 is 2.75 bits per heavy atom. The number of rotatable bonds is 2. The lowest BCUT2D eigenvalue weighted by atomic mass is 9.89. The molecule has 1 aromatic carbocycles. The maximum absolute atomic E-state index is 11.8. The van der Waals surface area contributed by atoms with Crippen molar-refractivity contribution in [2.75, 3.05) is 7.11 Å². The lowest BCUT2D eigenvalue weighted by Crippen LogP contribution is -2.25. The van der Waals surface area contributed by atoms with Crippen molar-refractivity contribution in [2.24, 2.45) is 0 Å². The van der Waals surface area contributed by atoms with Gasteiger partial charge in [0.15, 0.2) is 5.78 Å². The third kappa shape index (κ3) is 2.39. The molecular weight excluding hydrogens is 200 g/mol. The molecule has 0 saturated heterocycles. The van der Waals surface area contributed by atoms with Gasteiger partial charge in [-0.05, 0) is 24.5 Å². The Labute approximate surface area is 95.9 Å². The number of ketones is 1. The second kappa shape index (κ2) is 5.08. The molecule has 0 N–H and O–H groups in total. The Morgan fingerprint density at radius 1 is 1.31 bits per heavy atom. The number of benzene rings is 1. The fourth-order valence-electron chi connectivity index (χ4n) is 2.07. The summed E-state index contributed by atoms with van der Waals surface area (Å²) in [5.41, 5.74) is 1.88. The van der Waals surface area contributed by atoms with E-state index in [4.69, 9.17) is 4.74 Å². The van der Waals surface area contributed by atoms with E-state index in [0.717, 1.165) is 24.0 Å². The van der Waals surface area contributed by atoms with Crippen LogP contribution in [-0.2, 0) is 9.53 Å². The minimum absolute atomic E-state index is 0.0264. The summed E-state index contributed by atoms with van der Waals surface area (Å²) in [6.45, 7) is 0. The van der Waals surface area contributed by atoms with Gasteiger partial charge in [-0.25, -0.2) is 0 Å². The molecule has 2 rings (SSSR count). The molecule has 0 amide bonds. The Balaban J connectivity index is 2.28. The Hall–Kier alpha value is -1.41. The van der Waals surface area contributed by atoms with Gasteiger partial charge in [0, 0.05) is 19.1 Å².